The van der Waals surface area contributed by atoms with Gasteiger partial charge in [0.05, 0.1) is 6.54 Å². The van der Waals surface area contributed by atoms with Crippen molar-refractivity contribution in [3.63, 3.8) is 0 Å². The molecule has 0 heterocycles. The summed E-state index contributed by atoms with van der Waals surface area (Å²) >= 11 is 2.24. The van der Waals surface area contributed by atoms with Crippen molar-refractivity contribution >= 4 is 28.4 Å². The van der Waals surface area contributed by atoms with Gasteiger partial charge in [0.2, 0.25) is 0 Å². The average molecular weight is 331 g/mol. The molecule has 88 valence electrons. The van der Waals surface area contributed by atoms with Crippen LogP contribution in [0.2, 0.25) is 0 Å². The van der Waals surface area contributed by atoms with Gasteiger partial charge in [-0.2, -0.15) is 0 Å². The Morgan fingerprint density at radius 2 is 1.88 bits per heavy atom. The zero-order chi connectivity index (χ0) is 12.0. The number of hydrogen-bond donors (Lipinski definition) is 0. The van der Waals surface area contributed by atoms with E-state index in [1.165, 1.54) is 0 Å². The molecule has 0 radical (unpaired) electrons. The van der Waals surface area contributed by atoms with Crippen LogP contribution in [0.1, 0.15) is 30.6 Å². The van der Waals surface area contributed by atoms with Crippen LogP contribution < -0.4 is 0 Å². The average Bonchev–Trinajstić information content (AvgIpc) is 2.29. The molecular weight excluding hydrogens is 313 g/mol. The molecule has 0 aliphatic carbocycles. The molecule has 0 amide bonds. The molecule has 0 unspecified atom stereocenters. The first-order chi connectivity index (χ1) is 7.67. The van der Waals surface area contributed by atoms with E-state index in [-0.39, 0.29) is 5.78 Å². The van der Waals surface area contributed by atoms with Gasteiger partial charge in [-0.25, -0.2) is 0 Å². The molecule has 1 aromatic carbocycles. The van der Waals surface area contributed by atoms with Crippen molar-refractivity contribution in [1.29, 1.82) is 0 Å². The van der Waals surface area contributed by atoms with Crippen LogP contribution in [0.4, 0.5) is 0 Å². The van der Waals surface area contributed by atoms with E-state index < -0.39 is 0 Å². The summed E-state index contributed by atoms with van der Waals surface area (Å²) in [7, 11) is 0. The lowest BCUT2D eigenvalue weighted by molar-refractivity contribution is 0.0934. The fraction of sp³-hybridized carbons (Fsp3) is 0.462. The van der Waals surface area contributed by atoms with Gasteiger partial charge in [-0.1, -0.05) is 26.0 Å². The van der Waals surface area contributed by atoms with Crippen LogP contribution in [-0.4, -0.2) is 30.3 Å². The molecule has 2 nitrogen and oxygen atoms in total. The number of ketones is 1. The largest absolute Gasteiger partial charge is 0.296 e. The highest BCUT2D eigenvalue weighted by Crippen LogP contribution is 2.08. The SMILES string of the molecule is CCCN(CC)CC(=O)c1ccc(I)cc1. The quantitative estimate of drug-likeness (QED) is 0.589. The number of nitrogens with zero attached hydrogens (tertiary/aromatic N) is 1. The third-order valence-electron chi connectivity index (χ3n) is 2.52. The molecule has 0 N–H and O–H groups in total. The number of benzene rings is 1. The Morgan fingerprint density at radius 3 is 2.38 bits per heavy atom. The summed E-state index contributed by atoms with van der Waals surface area (Å²) in [4.78, 5) is 14.1. The number of hydrogen-bond acceptors (Lipinski definition) is 2. The molecule has 0 aliphatic rings. The van der Waals surface area contributed by atoms with Crippen molar-refractivity contribution in [3.05, 3.63) is 33.4 Å². The van der Waals surface area contributed by atoms with Gasteiger partial charge in [0.25, 0.3) is 0 Å². The van der Waals surface area contributed by atoms with Gasteiger partial charge < -0.3 is 0 Å². The molecule has 3 heteroatoms. The van der Waals surface area contributed by atoms with Gasteiger partial charge in [0.1, 0.15) is 0 Å². The summed E-state index contributed by atoms with van der Waals surface area (Å²) in [5, 5.41) is 0. The van der Waals surface area contributed by atoms with Crippen LogP contribution in [0, 0.1) is 3.57 Å². The number of Topliss-reactive ketones (excluding diaryl/α,β-unsaturated/α-hetero) is 1. The molecule has 0 aliphatic heterocycles. The van der Waals surface area contributed by atoms with Crippen LogP contribution >= 0.6 is 22.6 Å². The summed E-state index contributed by atoms with van der Waals surface area (Å²) in [5.74, 6) is 0.215. The van der Waals surface area contributed by atoms with Gasteiger partial charge >= 0.3 is 0 Å². The van der Waals surface area contributed by atoms with E-state index in [9.17, 15) is 4.79 Å². The van der Waals surface area contributed by atoms with Gasteiger partial charge in [-0.15, -0.1) is 0 Å². The second-order valence-corrected chi connectivity index (χ2v) is 5.04. The molecule has 0 bridgehead atoms. The van der Waals surface area contributed by atoms with E-state index in [2.05, 4.69) is 41.3 Å². The third kappa shape index (κ3) is 4.22. The Hall–Kier alpha value is -0.420. The zero-order valence-corrected chi connectivity index (χ0v) is 12.0. The summed E-state index contributed by atoms with van der Waals surface area (Å²) in [6, 6.07) is 7.77. The minimum atomic E-state index is 0.215. The maximum Gasteiger partial charge on any atom is 0.176 e. The van der Waals surface area contributed by atoms with Crippen molar-refractivity contribution in [2.45, 2.75) is 20.3 Å². The van der Waals surface area contributed by atoms with Crippen LogP contribution in [0.15, 0.2) is 24.3 Å². The van der Waals surface area contributed by atoms with Gasteiger partial charge in [0.15, 0.2) is 5.78 Å². The maximum absolute atomic E-state index is 12.0. The molecule has 0 spiro atoms. The second kappa shape index (κ2) is 7.01. The van der Waals surface area contributed by atoms with Crippen molar-refractivity contribution in [2.75, 3.05) is 19.6 Å². The minimum Gasteiger partial charge on any atom is -0.296 e. The molecule has 0 saturated carbocycles. The fourth-order valence-electron chi connectivity index (χ4n) is 1.60. The standard InChI is InChI=1S/C13H18INO/c1-3-9-15(4-2)10-13(16)11-5-7-12(14)8-6-11/h5-8H,3-4,9-10H2,1-2H3. The summed E-state index contributed by atoms with van der Waals surface area (Å²) in [6.07, 6.45) is 1.09. The summed E-state index contributed by atoms with van der Waals surface area (Å²) in [6.45, 7) is 6.69. The molecule has 1 aromatic rings. The Labute approximate surface area is 111 Å². The lowest BCUT2D eigenvalue weighted by atomic mass is 10.1. The Bertz CT molecular complexity index is 334. The predicted molar refractivity (Wildman–Crippen MR) is 75.9 cm³/mol. The van der Waals surface area contributed by atoms with Crippen molar-refractivity contribution < 1.29 is 4.79 Å². The van der Waals surface area contributed by atoms with Crippen LogP contribution in [0.25, 0.3) is 0 Å². The Balaban J connectivity index is 2.60. The van der Waals surface area contributed by atoms with E-state index in [4.69, 9.17) is 0 Å². The van der Waals surface area contributed by atoms with Crippen LogP contribution in [0.5, 0.6) is 0 Å². The number of carbonyl (C=O) groups excluding carboxylic acids is 1. The number of likely N-dealkylation sites (N-methyl/N-ethyl adjacent to an activating group) is 1. The minimum absolute atomic E-state index is 0.215. The van der Waals surface area contributed by atoms with Gasteiger partial charge in [-0.3, -0.25) is 9.69 Å². The lowest BCUT2D eigenvalue weighted by Crippen LogP contribution is -2.30. The lowest BCUT2D eigenvalue weighted by Gasteiger charge is -2.18. The first-order valence-electron chi connectivity index (χ1n) is 5.68. The highest BCUT2D eigenvalue weighted by Gasteiger charge is 2.10. The molecule has 0 saturated heterocycles. The summed E-state index contributed by atoms with van der Waals surface area (Å²) < 4.78 is 1.16. The van der Waals surface area contributed by atoms with Crippen molar-refractivity contribution in [2.24, 2.45) is 0 Å². The molecule has 0 aromatic heterocycles. The smallest absolute Gasteiger partial charge is 0.176 e. The predicted octanol–water partition coefficient (Wildman–Crippen LogP) is 3.21. The monoisotopic (exact) mass is 331 g/mol. The molecule has 0 fully saturated rings. The Morgan fingerprint density at radius 1 is 1.25 bits per heavy atom. The number of halogens is 1. The van der Waals surface area contributed by atoms with E-state index >= 15 is 0 Å². The fourth-order valence-corrected chi connectivity index (χ4v) is 1.95. The number of carbonyl (C=O) groups is 1. The van der Waals surface area contributed by atoms with E-state index in [0.29, 0.717) is 6.54 Å². The highest BCUT2D eigenvalue weighted by molar-refractivity contribution is 14.1. The van der Waals surface area contributed by atoms with Crippen molar-refractivity contribution in [1.82, 2.24) is 4.90 Å². The first-order valence-corrected chi connectivity index (χ1v) is 6.76. The van der Waals surface area contributed by atoms with E-state index in [1.54, 1.807) is 0 Å². The zero-order valence-electron chi connectivity index (χ0n) is 9.87. The molecule has 16 heavy (non-hydrogen) atoms. The van der Waals surface area contributed by atoms with Crippen LogP contribution in [-0.2, 0) is 0 Å². The second-order valence-electron chi connectivity index (χ2n) is 3.80. The normalized spacial score (nSPS) is 10.8. The van der Waals surface area contributed by atoms with E-state index in [1.807, 2.05) is 24.3 Å². The number of rotatable bonds is 6. The summed E-state index contributed by atoms with van der Waals surface area (Å²) in [5.41, 5.74) is 0.815. The third-order valence-corrected chi connectivity index (χ3v) is 3.24. The highest BCUT2D eigenvalue weighted by atomic mass is 127. The van der Waals surface area contributed by atoms with E-state index in [0.717, 1.165) is 28.6 Å². The Kier molecular flexibility index (Phi) is 5.98. The maximum atomic E-state index is 12.0. The molecular formula is C13H18INO. The topological polar surface area (TPSA) is 20.3 Å². The molecule has 0 atom stereocenters. The van der Waals surface area contributed by atoms with Crippen molar-refractivity contribution in [3.8, 4) is 0 Å². The van der Waals surface area contributed by atoms with Gasteiger partial charge in [0, 0.05) is 9.13 Å². The van der Waals surface area contributed by atoms with Crippen LogP contribution in [0.3, 0.4) is 0 Å². The molecule has 1 rings (SSSR count). The van der Waals surface area contributed by atoms with Gasteiger partial charge in [-0.05, 0) is 54.2 Å². The first kappa shape index (κ1) is 13.6.